The predicted octanol–water partition coefficient (Wildman–Crippen LogP) is -6.59. The fourth-order valence-corrected chi connectivity index (χ4v) is 10.8. The highest BCUT2D eigenvalue weighted by atomic mass is 16.8. The number of aliphatic carboxylic acids is 1. The number of ether oxygens (including phenoxy) is 9. The average Bonchev–Trinajstić information content (AvgIpc) is 4.01. The number of ketones is 1. The molecule has 0 spiro atoms. The largest absolute Gasteiger partial charge is 0.480 e. The van der Waals surface area contributed by atoms with E-state index in [1.807, 2.05) is 48.5 Å². The van der Waals surface area contributed by atoms with Crippen LogP contribution >= 0.6 is 0 Å². The molecule has 2 aromatic carbocycles. The Labute approximate surface area is 473 Å². The number of amides is 4. The Bertz CT molecular complexity index is 2540. The zero-order chi connectivity index (χ0) is 60.8. The molecular weight excluding hydrogens is 1110 g/mol. The quantitative estimate of drug-likeness (QED) is 0.0492. The molecule has 7 rings (SSSR count). The van der Waals surface area contributed by atoms with E-state index in [1.54, 1.807) is 0 Å². The molecule has 22 atom stereocenters. The Morgan fingerprint density at radius 2 is 1.17 bits per heavy atom. The summed E-state index contributed by atoms with van der Waals surface area (Å²) >= 11 is 0. The molecule has 462 valence electrons. The molecule has 4 aliphatic heterocycles. The highest BCUT2D eigenvalue weighted by Gasteiger charge is 2.59. The number of rotatable bonds is 23. The lowest BCUT2D eigenvalue weighted by Gasteiger charge is -2.51. The molecule has 0 radical (unpaired) electrons. The van der Waals surface area contributed by atoms with Crippen LogP contribution in [0.15, 0.2) is 48.5 Å². The molecule has 2 aromatic rings. The number of hydrogen-bond acceptors (Lipinski definition) is 26. The molecule has 4 fully saturated rings. The number of aliphatic hydroxyl groups excluding tert-OH is 11. The van der Waals surface area contributed by atoms with Gasteiger partial charge in [-0.25, -0.2) is 9.59 Å². The van der Waals surface area contributed by atoms with E-state index < -0.39 is 215 Å². The van der Waals surface area contributed by atoms with Gasteiger partial charge in [0.05, 0.1) is 45.2 Å². The van der Waals surface area contributed by atoms with Gasteiger partial charge in [-0.1, -0.05) is 48.5 Å². The number of hydrogen-bond donors (Lipinski definition) is 16. The number of carbonyl (C=O) groups excluding carboxylic acids is 5. The molecule has 16 N–H and O–H groups in total. The van der Waals surface area contributed by atoms with Gasteiger partial charge in [-0.2, -0.15) is 0 Å². The van der Waals surface area contributed by atoms with E-state index in [0.717, 1.165) is 49.9 Å². The highest BCUT2D eigenvalue weighted by molar-refractivity contribution is 5.84. The second kappa shape index (κ2) is 28.1. The van der Waals surface area contributed by atoms with E-state index in [1.165, 1.54) is 0 Å². The minimum atomic E-state index is -2.78. The molecule has 31 heteroatoms. The second-order valence-corrected chi connectivity index (χ2v) is 20.7. The summed E-state index contributed by atoms with van der Waals surface area (Å²) < 4.78 is 53.2. The van der Waals surface area contributed by atoms with Crippen LogP contribution in [0.5, 0.6) is 0 Å². The van der Waals surface area contributed by atoms with Crippen molar-refractivity contribution in [3.8, 4) is 11.1 Å². The minimum Gasteiger partial charge on any atom is -0.480 e. The maximum atomic E-state index is 13.6. The number of nitrogens with one attached hydrogen (secondary N) is 4. The van der Waals surface area contributed by atoms with Crippen LogP contribution in [0, 0.1) is 0 Å². The third-order valence-electron chi connectivity index (χ3n) is 14.9. The van der Waals surface area contributed by atoms with Gasteiger partial charge in [0.25, 0.3) is 0 Å². The lowest BCUT2D eigenvalue weighted by Crippen LogP contribution is -2.71. The first kappa shape index (κ1) is 65.1. The number of benzene rings is 2. The number of fused-ring (bicyclic) bond motifs is 3. The molecule has 4 saturated heterocycles. The van der Waals surface area contributed by atoms with E-state index in [0.29, 0.717) is 0 Å². The summed E-state index contributed by atoms with van der Waals surface area (Å²) in [5, 5.41) is 140. The number of carbonyl (C=O) groups is 6. The Kier molecular flexibility index (Phi) is 22.0. The van der Waals surface area contributed by atoms with Gasteiger partial charge < -0.3 is 125 Å². The predicted molar refractivity (Wildman–Crippen MR) is 272 cm³/mol. The molecular formula is C52H72N4O27. The van der Waals surface area contributed by atoms with Crippen molar-refractivity contribution in [2.75, 3.05) is 39.6 Å². The second-order valence-electron chi connectivity index (χ2n) is 20.7. The maximum absolute atomic E-state index is 13.6. The van der Waals surface area contributed by atoms with Gasteiger partial charge in [-0.15, -0.1) is 0 Å². The molecule has 0 aromatic heterocycles. The smallest absolute Gasteiger partial charge is 0.407 e. The Balaban J connectivity index is 1.16. The summed E-state index contributed by atoms with van der Waals surface area (Å²) in [4.78, 5) is 77.0. The first-order valence-electron chi connectivity index (χ1n) is 26.5. The third kappa shape index (κ3) is 14.6. The molecule has 31 nitrogen and oxygen atoms in total. The summed E-state index contributed by atoms with van der Waals surface area (Å²) in [5.41, 5.74) is 3.59. The van der Waals surface area contributed by atoms with Gasteiger partial charge in [0, 0.05) is 40.0 Å². The van der Waals surface area contributed by atoms with Gasteiger partial charge in [0.15, 0.2) is 30.7 Å². The Hall–Kier alpha value is -5.50. The van der Waals surface area contributed by atoms with Crippen LogP contribution in [-0.2, 0) is 66.6 Å². The number of alkyl carbamates (subject to hydrolysis) is 1. The van der Waals surface area contributed by atoms with Crippen molar-refractivity contribution in [3.05, 3.63) is 59.7 Å². The van der Waals surface area contributed by atoms with Crippen molar-refractivity contribution in [2.24, 2.45) is 0 Å². The fourth-order valence-electron chi connectivity index (χ4n) is 10.8. The minimum absolute atomic E-state index is 0.207. The van der Waals surface area contributed by atoms with Gasteiger partial charge >= 0.3 is 12.1 Å². The molecule has 0 saturated carbocycles. The highest BCUT2D eigenvalue weighted by Crippen LogP contribution is 2.45. The first-order chi connectivity index (χ1) is 39.3. The standard InChI is InChI=1S/C52H72N4O27/c1-20(60)52(13-30(64)35(53-21(2)61)45(82-52)38(66)31(65)14-57)83-46-40(68)33(16-59)79-50(43(46)71)81-44-34(19-76-48-36(54-22(3)62)41(69)39(67)32(15-58)78-48)80-49(37(42(44)70)55-23(4)63)75-18-29(47(72)73)56-51(74)77-17-28-26-11-7-5-9-24(26)25-10-6-8-12-27(25)28/h5-12,28-46,48-50,57-59,64-71H,13-19H2,1-4H3,(H,53,61)(H,54,62)(H,55,63)(H,56,74)(H,72,73)/t29?,30-,31?,32+,33+,34+,35+,36+,37+,38?,39+,40-,41+,42+,43+,44?,45-,46?,48?,49+,50-,52-/m0/s1. The van der Waals surface area contributed by atoms with Crippen molar-refractivity contribution in [3.63, 3.8) is 0 Å². The van der Waals surface area contributed by atoms with Crippen LogP contribution in [-0.4, -0.2) is 271 Å². The van der Waals surface area contributed by atoms with Crippen LogP contribution in [0.2, 0.25) is 0 Å². The summed E-state index contributed by atoms with van der Waals surface area (Å²) in [5.74, 6) is -8.29. The SMILES string of the molecule is CC(=O)N[C@H]1[C@@H](C(O)C(O)CO)O[C@@](OC2[C@@H](O)[C@H](OC3[C@@H](COC4O[C@H](CO)[C@@H](O)[C@H](O)[C@H]4NC(C)=O)O[C@@H](OCC(NC(=O)OCC4c5ccccc5-c5ccccc54)C(=O)O)[C@H](NC(C)=O)[C@H]3O)O[C@H](CO)[C@@H]2O)(C(C)=O)C[C@@H]1O. The van der Waals surface area contributed by atoms with Crippen LogP contribution in [0.25, 0.3) is 11.1 Å². The summed E-state index contributed by atoms with van der Waals surface area (Å²) in [6, 6.07) is 8.11. The summed E-state index contributed by atoms with van der Waals surface area (Å²) in [6.45, 7) is -1.10. The van der Waals surface area contributed by atoms with E-state index in [-0.39, 0.29) is 6.61 Å². The van der Waals surface area contributed by atoms with Crippen molar-refractivity contribution < 1.29 is 133 Å². The zero-order valence-electron chi connectivity index (χ0n) is 45.3. The molecule has 1 aliphatic carbocycles. The normalized spacial score (nSPS) is 35.4. The van der Waals surface area contributed by atoms with Gasteiger partial charge in [-0.05, 0) is 22.3 Å². The first-order valence-corrected chi connectivity index (χ1v) is 26.5. The van der Waals surface area contributed by atoms with E-state index in [4.69, 9.17) is 42.6 Å². The number of aliphatic hydroxyl groups is 11. The van der Waals surface area contributed by atoms with Crippen LogP contribution in [0.1, 0.15) is 51.2 Å². The summed E-state index contributed by atoms with van der Waals surface area (Å²) in [6.07, 6.45) is -35.4. The van der Waals surface area contributed by atoms with Crippen LogP contribution in [0.3, 0.4) is 0 Å². The molecule has 4 heterocycles. The van der Waals surface area contributed by atoms with E-state index in [2.05, 4.69) is 21.3 Å². The molecule has 0 bridgehead atoms. The Morgan fingerprint density at radius 1 is 0.639 bits per heavy atom. The molecule has 4 amide bonds. The number of Topliss-reactive ketones (excluding diaryl/α,β-unsaturated/α-hetero) is 1. The fraction of sp³-hybridized carbons (Fsp3) is 0.654. The van der Waals surface area contributed by atoms with Crippen molar-refractivity contribution in [1.29, 1.82) is 0 Å². The van der Waals surface area contributed by atoms with Crippen molar-refractivity contribution >= 4 is 35.6 Å². The van der Waals surface area contributed by atoms with Crippen molar-refractivity contribution in [2.45, 2.75) is 174 Å². The van der Waals surface area contributed by atoms with Gasteiger partial charge in [0.1, 0.15) is 98.0 Å². The lowest BCUT2D eigenvalue weighted by atomic mass is 9.87. The zero-order valence-corrected chi connectivity index (χ0v) is 45.3. The Morgan fingerprint density at radius 3 is 1.72 bits per heavy atom. The van der Waals surface area contributed by atoms with E-state index >= 15 is 0 Å². The van der Waals surface area contributed by atoms with Crippen LogP contribution < -0.4 is 21.3 Å². The topological polar surface area (TPSA) is 476 Å². The monoisotopic (exact) mass is 1180 g/mol. The lowest BCUT2D eigenvalue weighted by molar-refractivity contribution is -0.381. The number of carboxylic acids is 1. The van der Waals surface area contributed by atoms with Gasteiger partial charge in [0.2, 0.25) is 23.5 Å². The molecule has 6 unspecified atom stereocenters. The van der Waals surface area contributed by atoms with Crippen LogP contribution in [0.4, 0.5) is 4.79 Å². The maximum Gasteiger partial charge on any atom is 0.407 e. The van der Waals surface area contributed by atoms with Gasteiger partial charge in [-0.3, -0.25) is 19.2 Å². The number of carboxylic acid groups (broad SMARTS) is 1. The molecule has 83 heavy (non-hydrogen) atoms. The van der Waals surface area contributed by atoms with Crippen molar-refractivity contribution in [1.82, 2.24) is 21.3 Å². The third-order valence-corrected chi connectivity index (χ3v) is 14.9. The van der Waals surface area contributed by atoms with E-state index in [9.17, 15) is 90.0 Å². The summed E-state index contributed by atoms with van der Waals surface area (Å²) in [7, 11) is 0. The molecule has 5 aliphatic rings. The average molecular weight is 1190 g/mol.